The van der Waals surface area contributed by atoms with Gasteiger partial charge >= 0.3 is 0 Å². The van der Waals surface area contributed by atoms with Crippen LogP contribution in [0, 0.1) is 0 Å². The summed E-state index contributed by atoms with van der Waals surface area (Å²) in [5, 5.41) is 13.8. The topological polar surface area (TPSA) is 73.6 Å². The van der Waals surface area contributed by atoms with Crippen molar-refractivity contribution in [3.05, 3.63) is 41.7 Å². The molecular weight excluding hydrogens is 278 g/mol. The van der Waals surface area contributed by atoms with Crippen molar-refractivity contribution < 1.29 is 5.11 Å². The number of hydrogen-bond acceptors (Lipinski definition) is 6. The van der Waals surface area contributed by atoms with Gasteiger partial charge in [0.1, 0.15) is 17.4 Å². The van der Waals surface area contributed by atoms with E-state index in [9.17, 15) is 5.11 Å². The minimum absolute atomic E-state index is 0.188. The molecule has 0 spiro atoms. The van der Waals surface area contributed by atoms with E-state index in [-0.39, 0.29) is 11.7 Å². The first kappa shape index (κ1) is 15.8. The molecule has 0 unspecified atom stereocenters. The quantitative estimate of drug-likeness (QED) is 0.656. The second-order valence-corrected chi connectivity index (χ2v) is 5.45. The van der Waals surface area contributed by atoms with Crippen LogP contribution < -0.4 is 10.3 Å². The fourth-order valence-electron chi connectivity index (χ4n) is 1.76. The molecule has 2 N–H and O–H groups in total. The second-order valence-electron chi connectivity index (χ2n) is 5.45. The first-order valence-electron chi connectivity index (χ1n) is 7.10. The molecule has 6 heteroatoms. The number of aromatic nitrogens is 2. The number of phenols is 1. The highest BCUT2D eigenvalue weighted by atomic mass is 16.3. The molecule has 0 atom stereocenters. The summed E-state index contributed by atoms with van der Waals surface area (Å²) >= 11 is 0. The Labute approximate surface area is 130 Å². The molecule has 1 heterocycles. The van der Waals surface area contributed by atoms with Crippen molar-refractivity contribution in [1.29, 1.82) is 0 Å². The zero-order valence-electron chi connectivity index (χ0n) is 13.3. The average molecular weight is 299 g/mol. The Bertz CT molecular complexity index is 641. The first-order valence-corrected chi connectivity index (χ1v) is 7.10. The number of hydrazone groups is 1. The van der Waals surface area contributed by atoms with E-state index in [0.717, 1.165) is 11.6 Å². The lowest BCUT2D eigenvalue weighted by atomic mass is 10.2. The van der Waals surface area contributed by atoms with Crippen molar-refractivity contribution in [3.8, 4) is 5.75 Å². The van der Waals surface area contributed by atoms with E-state index in [1.54, 1.807) is 24.4 Å². The number of phenolic OH excluding ortho intramolecular Hbond substituents is 1. The molecule has 0 saturated carbocycles. The maximum Gasteiger partial charge on any atom is 0.152 e. The molecule has 0 fully saturated rings. The van der Waals surface area contributed by atoms with Gasteiger partial charge in [-0.2, -0.15) is 5.10 Å². The van der Waals surface area contributed by atoms with Gasteiger partial charge in [-0.05, 0) is 12.1 Å². The Hall–Kier alpha value is -2.63. The molecule has 0 aliphatic heterocycles. The van der Waals surface area contributed by atoms with E-state index < -0.39 is 0 Å². The Morgan fingerprint density at radius 3 is 2.59 bits per heavy atom. The standard InChI is InChI=1S/C16H21N5O/c1-11(2)16-18-14(9-15(19-16)21(3)4)20-17-10-12-7-5-6-8-13(12)22/h5-11,22H,1-4H3,(H,18,19,20). The third-order valence-corrected chi connectivity index (χ3v) is 3.02. The lowest BCUT2D eigenvalue weighted by Crippen LogP contribution is -2.13. The van der Waals surface area contributed by atoms with Crippen LogP contribution in [0.3, 0.4) is 0 Å². The van der Waals surface area contributed by atoms with Crippen LogP contribution in [0.25, 0.3) is 0 Å². The zero-order valence-corrected chi connectivity index (χ0v) is 13.3. The monoisotopic (exact) mass is 299 g/mol. The van der Waals surface area contributed by atoms with Gasteiger partial charge in [-0.15, -0.1) is 0 Å². The van der Waals surface area contributed by atoms with Crippen molar-refractivity contribution >= 4 is 17.9 Å². The van der Waals surface area contributed by atoms with Gasteiger partial charge in [0.2, 0.25) is 0 Å². The predicted molar refractivity (Wildman–Crippen MR) is 89.8 cm³/mol. The lowest BCUT2D eigenvalue weighted by Gasteiger charge is -2.15. The smallest absolute Gasteiger partial charge is 0.152 e. The van der Waals surface area contributed by atoms with Crippen LogP contribution in [0.2, 0.25) is 0 Å². The number of hydrogen-bond donors (Lipinski definition) is 2. The molecule has 2 rings (SSSR count). The summed E-state index contributed by atoms with van der Waals surface area (Å²) in [6, 6.07) is 8.84. The molecule has 0 amide bonds. The van der Waals surface area contributed by atoms with Gasteiger partial charge in [0, 0.05) is 31.6 Å². The second kappa shape index (κ2) is 6.89. The highest BCUT2D eigenvalue weighted by Crippen LogP contribution is 2.19. The van der Waals surface area contributed by atoms with Gasteiger partial charge in [-0.3, -0.25) is 5.43 Å². The predicted octanol–water partition coefficient (Wildman–Crippen LogP) is 2.82. The zero-order chi connectivity index (χ0) is 16.1. The summed E-state index contributed by atoms with van der Waals surface area (Å²) in [6.45, 7) is 4.09. The van der Waals surface area contributed by atoms with E-state index in [2.05, 4.69) is 20.5 Å². The van der Waals surface area contributed by atoms with E-state index in [1.165, 1.54) is 0 Å². The van der Waals surface area contributed by atoms with E-state index in [1.807, 2.05) is 45.0 Å². The largest absolute Gasteiger partial charge is 0.507 e. The van der Waals surface area contributed by atoms with Crippen LogP contribution in [0.5, 0.6) is 5.75 Å². The first-order chi connectivity index (χ1) is 10.5. The molecule has 2 aromatic rings. The highest BCUT2D eigenvalue weighted by Gasteiger charge is 2.09. The highest BCUT2D eigenvalue weighted by molar-refractivity contribution is 5.83. The summed E-state index contributed by atoms with van der Waals surface area (Å²) in [5.41, 5.74) is 3.53. The van der Waals surface area contributed by atoms with Crippen LogP contribution in [-0.2, 0) is 0 Å². The number of rotatable bonds is 5. The van der Waals surface area contributed by atoms with E-state index in [4.69, 9.17) is 0 Å². The van der Waals surface area contributed by atoms with Gasteiger partial charge in [-0.25, -0.2) is 9.97 Å². The average Bonchev–Trinajstić information content (AvgIpc) is 2.49. The molecule has 1 aromatic carbocycles. The SMILES string of the molecule is CC(C)c1nc(NN=Cc2ccccc2O)cc(N(C)C)n1. The number of anilines is 2. The third-order valence-electron chi connectivity index (χ3n) is 3.02. The molecule has 0 radical (unpaired) electrons. The summed E-state index contributed by atoms with van der Waals surface area (Å²) in [4.78, 5) is 10.9. The minimum atomic E-state index is 0.188. The van der Waals surface area contributed by atoms with Gasteiger partial charge in [0.05, 0.1) is 6.21 Å². The Morgan fingerprint density at radius 1 is 1.23 bits per heavy atom. The van der Waals surface area contributed by atoms with Gasteiger partial charge in [0.25, 0.3) is 0 Å². The maximum absolute atomic E-state index is 9.69. The van der Waals surface area contributed by atoms with E-state index in [0.29, 0.717) is 11.4 Å². The fourth-order valence-corrected chi connectivity index (χ4v) is 1.76. The van der Waals surface area contributed by atoms with Crippen LogP contribution in [0.1, 0.15) is 31.2 Å². The van der Waals surface area contributed by atoms with Crippen molar-refractivity contribution in [3.63, 3.8) is 0 Å². The summed E-state index contributed by atoms with van der Waals surface area (Å²) < 4.78 is 0. The summed E-state index contributed by atoms with van der Waals surface area (Å²) in [6.07, 6.45) is 1.56. The molecular formula is C16H21N5O. The van der Waals surface area contributed by atoms with Crippen LogP contribution in [-0.4, -0.2) is 35.4 Å². The van der Waals surface area contributed by atoms with Crippen LogP contribution in [0.15, 0.2) is 35.4 Å². The summed E-state index contributed by atoms with van der Waals surface area (Å²) in [7, 11) is 3.86. The fraction of sp³-hybridized carbons (Fsp3) is 0.312. The molecule has 1 aromatic heterocycles. The Balaban J connectivity index is 2.20. The molecule has 22 heavy (non-hydrogen) atoms. The Morgan fingerprint density at radius 2 is 1.95 bits per heavy atom. The van der Waals surface area contributed by atoms with E-state index >= 15 is 0 Å². The van der Waals surface area contributed by atoms with Crippen molar-refractivity contribution in [1.82, 2.24) is 9.97 Å². The normalized spacial score (nSPS) is 11.1. The van der Waals surface area contributed by atoms with Gasteiger partial charge < -0.3 is 10.0 Å². The lowest BCUT2D eigenvalue weighted by molar-refractivity contribution is 0.474. The number of benzene rings is 1. The van der Waals surface area contributed by atoms with Crippen molar-refractivity contribution in [2.45, 2.75) is 19.8 Å². The van der Waals surface area contributed by atoms with Crippen molar-refractivity contribution in [2.24, 2.45) is 5.10 Å². The molecule has 0 saturated heterocycles. The number of para-hydroxylation sites is 1. The molecule has 0 aliphatic carbocycles. The number of nitrogens with one attached hydrogen (secondary N) is 1. The Kier molecular flexibility index (Phi) is 4.93. The number of aromatic hydroxyl groups is 1. The maximum atomic E-state index is 9.69. The number of nitrogens with zero attached hydrogens (tertiary/aromatic N) is 4. The van der Waals surface area contributed by atoms with Gasteiger partial charge in [-0.1, -0.05) is 26.0 Å². The molecule has 0 bridgehead atoms. The molecule has 6 nitrogen and oxygen atoms in total. The van der Waals surface area contributed by atoms with Crippen LogP contribution >= 0.6 is 0 Å². The van der Waals surface area contributed by atoms with Crippen molar-refractivity contribution in [2.75, 3.05) is 24.4 Å². The third kappa shape index (κ3) is 3.94. The van der Waals surface area contributed by atoms with Crippen LogP contribution in [0.4, 0.5) is 11.6 Å². The molecule has 116 valence electrons. The molecule has 0 aliphatic rings. The minimum Gasteiger partial charge on any atom is -0.507 e. The van der Waals surface area contributed by atoms with Gasteiger partial charge in [0.15, 0.2) is 5.82 Å². The summed E-state index contributed by atoms with van der Waals surface area (Å²) in [5.74, 6) is 2.61.